The van der Waals surface area contributed by atoms with Crippen LogP contribution in [-0.2, 0) is 0 Å². The monoisotopic (exact) mass is 423 g/mol. The Morgan fingerprint density at radius 3 is 2.32 bits per heavy atom. The van der Waals surface area contributed by atoms with Crippen LogP contribution in [0.4, 0.5) is 0 Å². The largest absolute Gasteiger partial charge is 0.497 e. The van der Waals surface area contributed by atoms with Crippen molar-refractivity contribution in [1.29, 1.82) is 0 Å². The van der Waals surface area contributed by atoms with Gasteiger partial charge in [0.25, 0.3) is 11.8 Å². The van der Waals surface area contributed by atoms with Gasteiger partial charge < -0.3 is 23.6 Å². The Morgan fingerprint density at radius 2 is 1.68 bits per heavy atom. The molecule has 0 aliphatic carbocycles. The number of hydrogen-bond acceptors (Lipinski definition) is 7. The maximum atomic E-state index is 13.0. The first-order chi connectivity index (χ1) is 15.1. The predicted octanol–water partition coefficient (Wildman–Crippen LogP) is 3.78. The van der Waals surface area contributed by atoms with Crippen LogP contribution in [0.15, 0.2) is 47.0 Å². The topological polar surface area (TPSA) is 86.9 Å². The van der Waals surface area contributed by atoms with Gasteiger partial charge in [-0.05, 0) is 37.1 Å². The quantitative estimate of drug-likeness (QED) is 0.596. The second-order valence-electron chi connectivity index (χ2n) is 7.33. The number of piperidine rings is 1. The summed E-state index contributed by atoms with van der Waals surface area (Å²) >= 11 is 0. The fourth-order valence-electron chi connectivity index (χ4n) is 3.79. The van der Waals surface area contributed by atoms with E-state index in [-0.39, 0.29) is 11.8 Å². The summed E-state index contributed by atoms with van der Waals surface area (Å²) in [6.07, 6.45) is 1.52. The van der Waals surface area contributed by atoms with E-state index in [4.69, 9.17) is 18.7 Å². The number of aromatic nitrogens is 2. The molecule has 0 unspecified atom stereocenters. The van der Waals surface area contributed by atoms with Gasteiger partial charge in [0.05, 0.1) is 26.9 Å². The Bertz CT molecular complexity index is 1030. The number of ether oxygens (including phenoxy) is 3. The summed E-state index contributed by atoms with van der Waals surface area (Å²) in [5.41, 5.74) is 1.32. The van der Waals surface area contributed by atoms with Crippen LogP contribution in [0.5, 0.6) is 17.2 Å². The van der Waals surface area contributed by atoms with Gasteiger partial charge in [-0.2, -0.15) is 4.98 Å². The lowest BCUT2D eigenvalue weighted by atomic mass is 9.95. The van der Waals surface area contributed by atoms with Crippen LogP contribution < -0.4 is 14.2 Å². The van der Waals surface area contributed by atoms with Gasteiger partial charge in [-0.3, -0.25) is 4.79 Å². The molecule has 8 nitrogen and oxygen atoms in total. The fourth-order valence-corrected chi connectivity index (χ4v) is 3.79. The summed E-state index contributed by atoms with van der Waals surface area (Å²) in [5, 5.41) is 4.19. The Kier molecular flexibility index (Phi) is 6.06. The van der Waals surface area contributed by atoms with E-state index in [9.17, 15) is 4.79 Å². The zero-order valence-corrected chi connectivity index (χ0v) is 17.8. The van der Waals surface area contributed by atoms with Crippen LogP contribution in [0.3, 0.4) is 0 Å². The SMILES string of the molecule is COc1cc(OC)cc(C(=O)N2CCC(c3noc(-c4ccccc4OC)n3)CC2)c1. The molecule has 8 heteroatoms. The molecule has 4 rings (SSSR count). The molecular formula is C23H25N3O5. The maximum absolute atomic E-state index is 13.0. The molecule has 0 spiro atoms. The van der Waals surface area contributed by atoms with Crippen molar-refractivity contribution in [3.63, 3.8) is 0 Å². The molecule has 3 aromatic rings. The van der Waals surface area contributed by atoms with E-state index in [0.717, 1.165) is 18.4 Å². The molecule has 0 N–H and O–H groups in total. The van der Waals surface area contributed by atoms with Crippen LogP contribution in [-0.4, -0.2) is 55.4 Å². The summed E-state index contributed by atoms with van der Waals surface area (Å²) < 4.78 is 21.4. The molecule has 2 aromatic carbocycles. The van der Waals surface area contributed by atoms with Gasteiger partial charge in [-0.15, -0.1) is 0 Å². The minimum Gasteiger partial charge on any atom is -0.497 e. The maximum Gasteiger partial charge on any atom is 0.261 e. The van der Waals surface area contributed by atoms with Crippen molar-refractivity contribution in [2.75, 3.05) is 34.4 Å². The average molecular weight is 423 g/mol. The van der Waals surface area contributed by atoms with E-state index in [1.807, 2.05) is 29.2 Å². The summed E-state index contributed by atoms with van der Waals surface area (Å²) in [6, 6.07) is 12.8. The fraction of sp³-hybridized carbons (Fsp3) is 0.348. The number of rotatable bonds is 6. The molecule has 162 valence electrons. The molecule has 31 heavy (non-hydrogen) atoms. The normalized spacial score (nSPS) is 14.4. The highest BCUT2D eigenvalue weighted by Crippen LogP contribution is 2.32. The molecule has 1 amide bonds. The zero-order chi connectivity index (χ0) is 21.8. The first-order valence-electron chi connectivity index (χ1n) is 10.1. The van der Waals surface area contributed by atoms with Gasteiger partial charge >= 0.3 is 0 Å². The van der Waals surface area contributed by atoms with Gasteiger partial charge in [-0.25, -0.2) is 0 Å². The predicted molar refractivity (Wildman–Crippen MR) is 114 cm³/mol. The van der Waals surface area contributed by atoms with Crippen LogP contribution in [0.25, 0.3) is 11.5 Å². The molecule has 0 atom stereocenters. The number of amides is 1. The van der Waals surface area contributed by atoms with E-state index in [2.05, 4.69) is 10.1 Å². The Morgan fingerprint density at radius 1 is 1.00 bits per heavy atom. The molecular weight excluding hydrogens is 398 g/mol. The summed E-state index contributed by atoms with van der Waals surface area (Å²) in [6.45, 7) is 1.23. The van der Waals surface area contributed by atoms with Crippen LogP contribution in [0.2, 0.25) is 0 Å². The van der Waals surface area contributed by atoms with Crippen LogP contribution in [0, 0.1) is 0 Å². The van der Waals surface area contributed by atoms with Crippen molar-refractivity contribution in [3.05, 3.63) is 53.9 Å². The minimum absolute atomic E-state index is 0.0431. The summed E-state index contributed by atoms with van der Waals surface area (Å²) in [4.78, 5) is 19.4. The van der Waals surface area contributed by atoms with E-state index in [1.54, 1.807) is 39.5 Å². The lowest BCUT2D eigenvalue weighted by molar-refractivity contribution is 0.0710. The molecule has 1 fully saturated rings. The van der Waals surface area contributed by atoms with Gasteiger partial charge in [0.15, 0.2) is 5.82 Å². The smallest absolute Gasteiger partial charge is 0.261 e. The van der Waals surface area contributed by atoms with Crippen molar-refractivity contribution in [1.82, 2.24) is 15.0 Å². The number of carbonyl (C=O) groups excluding carboxylic acids is 1. The van der Waals surface area contributed by atoms with Gasteiger partial charge in [-0.1, -0.05) is 17.3 Å². The first-order valence-corrected chi connectivity index (χ1v) is 10.1. The minimum atomic E-state index is -0.0431. The number of hydrogen-bond donors (Lipinski definition) is 0. The lowest BCUT2D eigenvalue weighted by Crippen LogP contribution is -2.38. The molecule has 2 heterocycles. The number of methoxy groups -OCH3 is 3. The zero-order valence-electron chi connectivity index (χ0n) is 17.8. The Balaban J connectivity index is 1.44. The first kappa shape index (κ1) is 20.7. The number of para-hydroxylation sites is 1. The van der Waals surface area contributed by atoms with Gasteiger partial charge in [0.2, 0.25) is 0 Å². The van der Waals surface area contributed by atoms with E-state index >= 15 is 0 Å². The standard InChI is InChI=1S/C23H25N3O5/c1-28-17-12-16(13-18(14-17)29-2)23(27)26-10-8-15(9-11-26)21-24-22(31-25-21)19-6-4-5-7-20(19)30-3/h4-7,12-15H,8-11H2,1-3H3. The third-order valence-electron chi connectivity index (χ3n) is 5.52. The Hall–Kier alpha value is -3.55. The molecule has 0 bridgehead atoms. The number of likely N-dealkylation sites (tertiary alicyclic amines) is 1. The number of benzene rings is 2. The van der Waals surface area contributed by atoms with Crippen molar-refractivity contribution in [2.45, 2.75) is 18.8 Å². The van der Waals surface area contributed by atoms with Gasteiger partial charge in [0.1, 0.15) is 17.2 Å². The highest BCUT2D eigenvalue weighted by molar-refractivity contribution is 5.95. The molecule has 1 aliphatic rings. The van der Waals surface area contributed by atoms with Gasteiger partial charge in [0, 0.05) is 30.6 Å². The summed E-state index contributed by atoms with van der Waals surface area (Å²) in [7, 11) is 4.75. The van der Waals surface area contributed by atoms with E-state index < -0.39 is 0 Å². The number of carbonyl (C=O) groups is 1. The summed E-state index contributed by atoms with van der Waals surface area (Å²) in [5.74, 6) is 3.06. The average Bonchev–Trinajstić information content (AvgIpc) is 3.33. The number of nitrogens with zero attached hydrogens (tertiary/aromatic N) is 3. The molecule has 1 aromatic heterocycles. The second kappa shape index (κ2) is 9.07. The molecule has 1 saturated heterocycles. The molecule has 1 aliphatic heterocycles. The third kappa shape index (κ3) is 4.33. The van der Waals surface area contributed by atoms with E-state index in [0.29, 0.717) is 47.6 Å². The molecule has 0 saturated carbocycles. The Labute approximate surface area is 180 Å². The highest BCUT2D eigenvalue weighted by Gasteiger charge is 2.28. The third-order valence-corrected chi connectivity index (χ3v) is 5.52. The van der Waals surface area contributed by atoms with Crippen molar-refractivity contribution >= 4 is 5.91 Å². The van der Waals surface area contributed by atoms with E-state index in [1.165, 1.54) is 0 Å². The second-order valence-corrected chi connectivity index (χ2v) is 7.33. The molecule has 0 radical (unpaired) electrons. The van der Waals surface area contributed by atoms with Crippen LogP contribution in [0.1, 0.15) is 34.9 Å². The van der Waals surface area contributed by atoms with Crippen molar-refractivity contribution in [3.8, 4) is 28.7 Å². The van der Waals surface area contributed by atoms with Crippen LogP contribution >= 0.6 is 0 Å². The van der Waals surface area contributed by atoms with Crippen molar-refractivity contribution < 1.29 is 23.5 Å². The van der Waals surface area contributed by atoms with Crippen molar-refractivity contribution in [2.24, 2.45) is 0 Å². The highest BCUT2D eigenvalue weighted by atomic mass is 16.5. The lowest BCUT2D eigenvalue weighted by Gasteiger charge is -2.30.